The fourth-order valence-corrected chi connectivity index (χ4v) is 2.95. The van der Waals surface area contributed by atoms with Crippen LogP contribution in [0.4, 0.5) is 0 Å². The molecule has 0 amide bonds. The quantitative estimate of drug-likeness (QED) is 0.570. The Morgan fingerprint density at radius 2 is 1.50 bits per heavy atom. The van der Waals surface area contributed by atoms with E-state index in [1.54, 1.807) is 0 Å². The average Bonchev–Trinajstić information content (AvgIpc) is 2.73. The van der Waals surface area contributed by atoms with Crippen molar-refractivity contribution in [2.75, 3.05) is 27.2 Å². The van der Waals surface area contributed by atoms with Gasteiger partial charge in [0.25, 0.3) is 0 Å². The van der Waals surface area contributed by atoms with Gasteiger partial charge in [0, 0.05) is 6.54 Å². The average molecular weight is 373 g/mol. The first-order valence-corrected chi connectivity index (χ1v) is 9.51. The van der Waals surface area contributed by atoms with Crippen molar-refractivity contribution >= 4 is 11.6 Å². The molecule has 1 unspecified atom stereocenters. The van der Waals surface area contributed by atoms with E-state index in [1.807, 2.05) is 105 Å². The fraction of sp³-hybridized carbons (Fsp3) is 0.200. The van der Waals surface area contributed by atoms with Gasteiger partial charge in [-0.15, -0.1) is 0 Å². The van der Waals surface area contributed by atoms with E-state index < -0.39 is 6.10 Å². The first-order valence-electron chi connectivity index (χ1n) is 9.51. The Bertz CT molecular complexity index is 871. The number of hydrogen-bond acceptors (Lipinski definition) is 3. The predicted octanol–water partition coefficient (Wildman–Crippen LogP) is 4.90. The molecule has 0 saturated heterocycles. The first kappa shape index (κ1) is 19.9. The largest absolute Gasteiger partial charge is 0.492 e. The monoisotopic (exact) mass is 373 g/mol. The van der Waals surface area contributed by atoms with Crippen LogP contribution in [-0.2, 0) is 0 Å². The van der Waals surface area contributed by atoms with E-state index in [2.05, 4.69) is 4.90 Å². The van der Waals surface area contributed by atoms with Crippen molar-refractivity contribution in [1.82, 2.24) is 4.90 Å². The molecule has 0 aliphatic carbocycles. The number of hydrogen-bond donors (Lipinski definition) is 1. The number of ether oxygens (including phenoxy) is 1. The summed E-state index contributed by atoms with van der Waals surface area (Å²) in [7, 11) is 4.05. The maximum Gasteiger partial charge on any atom is 0.119 e. The summed E-state index contributed by atoms with van der Waals surface area (Å²) in [5.41, 5.74) is 3.76. The molecule has 0 radical (unpaired) electrons. The van der Waals surface area contributed by atoms with Gasteiger partial charge < -0.3 is 14.7 Å². The highest BCUT2D eigenvalue weighted by atomic mass is 16.5. The second-order valence-corrected chi connectivity index (χ2v) is 7.00. The summed E-state index contributed by atoms with van der Waals surface area (Å²) in [6, 6.07) is 27.7. The maximum atomic E-state index is 11.1. The lowest BCUT2D eigenvalue weighted by atomic mass is 9.93. The number of aliphatic hydroxyl groups excluding tert-OH is 1. The second kappa shape index (κ2) is 9.88. The van der Waals surface area contributed by atoms with E-state index >= 15 is 0 Å². The Hall–Kier alpha value is -2.88. The molecular weight excluding hydrogens is 346 g/mol. The molecule has 0 saturated carbocycles. The normalized spacial score (nSPS) is 12.8. The van der Waals surface area contributed by atoms with Crippen LogP contribution in [0, 0.1) is 0 Å². The van der Waals surface area contributed by atoms with E-state index in [-0.39, 0.29) is 0 Å². The standard InChI is InChI=1S/C25H27NO2/c1-26(2)17-18-28-23-15-13-21(14-16-23)24(19-20-9-5-3-6-10-20)25(27)22-11-7-4-8-12-22/h3-16,19,25,27H,17-18H2,1-2H3/b24-19+. The van der Waals surface area contributed by atoms with Crippen molar-refractivity contribution in [3.05, 3.63) is 102 Å². The molecule has 0 aliphatic heterocycles. The summed E-state index contributed by atoms with van der Waals surface area (Å²) in [6.45, 7) is 1.51. The molecule has 3 rings (SSSR count). The molecule has 28 heavy (non-hydrogen) atoms. The number of nitrogens with zero attached hydrogens (tertiary/aromatic N) is 1. The van der Waals surface area contributed by atoms with Crippen LogP contribution in [0.3, 0.4) is 0 Å². The molecule has 3 aromatic rings. The van der Waals surface area contributed by atoms with E-state index in [0.29, 0.717) is 6.61 Å². The SMILES string of the molecule is CN(C)CCOc1ccc(/C(=C\c2ccccc2)C(O)c2ccccc2)cc1. The zero-order valence-corrected chi connectivity index (χ0v) is 16.5. The van der Waals surface area contributed by atoms with E-state index in [4.69, 9.17) is 4.74 Å². The third kappa shape index (κ3) is 5.56. The number of benzene rings is 3. The molecule has 0 aromatic heterocycles. The van der Waals surface area contributed by atoms with Gasteiger partial charge in [-0.1, -0.05) is 72.8 Å². The molecule has 0 fully saturated rings. The highest BCUT2D eigenvalue weighted by Crippen LogP contribution is 2.32. The summed E-state index contributed by atoms with van der Waals surface area (Å²) in [6.07, 6.45) is 1.33. The van der Waals surface area contributed by atoms with Gasteiger partial charge in [0.15, 0.2) is 0 Å². The second-order valence-electron chi connectivity index (χ2n) is 7.00. The van der Waals surface area contributed by atoms with Crippen molar-refractivity contribution in [3.8, 4) is 5.75 Å². The van der Waals surface area contributed by atoms with Crippen LogP contribution in [0.5, 0.6) is 5.75 Å². The van der Waals surface area contributed by atoms with Crippen LogP contribution < -0.4 is 4.74 Å². The van der Waals surface area contributed by atoms with Gasteiger partial charge in [-0.2, -0.15) is 0 Å². The van der Waals surface area contributed by atoms with Crippen molar-refractivity contribution in [2.24, 2.45) is 0 Å². The van der Waals surface area contributed by atoms with Gasteiger partial charge in [0.1, 0.15) is 18.5 Å². The van der Waals surface area contributed by atoms with Crippen LogP contribution in [0.2, 0.25) is 0 Å². The first-order chi connectivity index (χ1) is 13.6. The van der Waals surface area contributed by atoms with Gasteiger partial charge in [-0.05, 0) is 54.6 Å². The van der Waals surface area contributed by atoms with Crippen molar-refractivity contribution in [3.63, 3.8) is 0 Å². The Morgan fingerprint density at radius 3 is 2.11 bits per heavy atom. The highest BCUT2D eigenvalue weighted by Gasteiger charge is 2.15. The summed E-state index contributed by atoms with van der Waals surface area (Å²) in [4.78, 5) is 2.09. The number of likely N-dealkylation sites (N-methyl/N-ethyl adjacent to an activating group) is 1. The molecule has 1 N–H and O–H groups in total. The zero-order valence-electron chi connectivity index (χ0n) is 16.5. The van der Waals surface area contributed by atoms with Gasteiger partial charge in [0.2, 0.25) is 0 Å². The van der Waals surface area contributed by atoms with Crippen molar-refractivity contribution in [2.45, 2.75) is 6.10 Å². The minimum absolute atomic E-state index is 0.645. The zero-order chi connectivity index (χ0) is 19.8. The molecule has 0 aliphatic rings. The minimum Gasteiger partial charge on any atom is -0.492 e. The van der Waals surface area contributed by atoms with E-state index in [9.17, 15) is 5.11 Å². The summed E-state index contributed by atoms with van der Waals surface area (Å²) in [5, 5.41) is 11.1. The van der Waals surface area contributed by atoms with Gasteiger partial charge in [-0.25, -0.2) is 0 Å². The Balaban J connectivity index is 1.88. The summed E-state index contributed by atoms with van der Waals surface area (Å²) < 4.78 is 5.79. The topological polar surface area (TPSA) is 32.7 Å². The molecule has 0 bridgehead atoms. The van der Waals surface area contributed by atoms with Gasteiger partial charge in [-0.3, -0.25) is 0 Å². The minimum atomic E-state index is -0.707. The molecule has 144 valence electrons. The van der Waals surface area contributed by atoms with Crippen LogP contribution in [-0.4, -0.2) is 37.3 Å². The fourth-order valence-electron chi connectivity index (χ4n) is 2.95. The molecule has 0 spiro atoms. The summed E-state index contributed by atoms with van der Waals surface area (Å²) >= 11 is 0. The lowest BCUT2D eigenvalue weighted by Gasteiger charge is -2.17. The lowest BCUT2D eigenvalue weighted by molar-refractivity contribution is 0.239. The summed E-state index contributed by atoms with van der Waals surface area (Å²) in [5.74, 6) is 0.832. The Morgan fingerprint density at radius 1 is 0.893 bits per heavy atom. The molecule has 3 nitrogen and oxygen atoms in total. The van der Waals surface area contributed by atoms with Gasteiger partial charge >= 0.3 is 0 Å². The molecule has 1 atom stereocenters. The third-order valence-corrected chi connectivity index (χ3v) is 4.53. The molecule has 0 heterocycles. The van der Waals surface area contributed by atoms with Crippen molar-refractivity contribution in [1.29, 1.82) is 0 Å². The predicted molar refractivity (Wildman–Crippen MR) is 116 cm³/mol. The lowest BCUT2D eigenvalue weighted by Crippen LogP contribution is -2.19. The molecular formula is C25H27NO2. The van der Waals surface area contributed by atoms with Crippen molar-refractivity contribution < 1.29 is 9.84 Å². The van der Waals surface area contributed by atoms with Crippen LogP contribution in [0.1, 0.15) is 22.8 Å². The van der Waals surface area contributed by atoms with E-state index in [1.165, 1.54) is 0 Å². The van der Waals surface area contributed by atoms with Crippen LogP contribution in [0.25, 0.3) is 11.6 Å². The molecule has 3 aromatic carbocycles. The number of aliphatic hydroxyl groups is 1. The smallest absolute Gasteiger partial charge is 0.119 e. The van der Waals surface area contributed by atoms with Crippen LogP contribution >= 0.6 is 0 Å². The molecule has 3 heteroatoms. The maximum absolute atomic E-state index is 11.1. The Kier molecular flexibility index (Phi) is 7.01. The van der Waals surface area contributed by atoms with Gasteiger partial charge in [0.05, 0.1) is 0 Å². The Labute approximate surface area is 167 Å². The highest BCUT2D eigenvalue weighted by molar-refractivity contribution is 5.84. The van der Waals surface area contributed by atoms with Crippen LogP contribution in [0.15, 0.2) is 84.9 Å². The third-order valence-electron chi connectivity index (χ3n) is 4.53. The van der Waals surface area contributed by atoms with E-state index in [0.717, 1.165) is 34.6 Å². The number of rotatable bonds is 8.